The van der Waals surface area contributed by atoms with Gasteiger partial charge in [-0.1, -0.05) is 19.3 Å². The number of fused-ring (bicyclic) bond motifs is 1. The van der Waals surface area contributed by atoms with Crippen LogP contribution in [0.25, 0.3) is 11.3 Å². The minimum atomic E-state index is -0.741. The number of carboxylic acids is 1. The molecule has 38 heavy (non-hydrogen) atoms. The molecule has 1 saturated carbocycles. The van der Waals surface area contributed by atoms with E-state index in [4.69, 9.17) is 10.8 Å². The van der Waals surface area contributed by atoms with Crippen molar-refractivity contribution in [2.45, 2.75) is 70.6 Å². The van der Waals surface area contributed by atoms with Gasteiger partial charge in [0.2, 0.25) is 0 Å². The van der Waals surface area contributed by atoms with Crippen molar-refractivity contribution >= 4 is 34.7 Å². The molecule has 0 aromatic carbocycles. The van der Waals surface area contributed by atoms with Crippen LogP contribution in [0.15, 0.2) is 36.9 Å². The number of aliphatic carboxylic acids is 1. The van der Waals surface area contributed by atoms with Crippen LogP contribution in [-0.4, -0.2) is 43.2 Å². The average Bonchev–Trinajstić information content (AvgIpc) is 3.58. The van der Waals surface area contributed by atoms with Gasteiger partial charge in [0, 0.05) is 18.4 Å². The normalized spacial score (nSPS) is 14.2. The molecule has 0 bridgehead atoms. The quantitative estimate of drug-likeness (QED) is 0.227. The number of hydrogen-bond donors (Lipinski definition) is 5. The number of carbonyl (C=O) groups excluding carboxylic acids is 1. The van der Waals surface area contributed by atoms with Crippen LogP contribution in [0.2, 0.25) is 0 Å². The van der Waals surface area contributed by atoms with Crippen molar-refractivity contribution in [2.24, 2.45) is 5.73 Å². The fraction of sp³-hybridized carbons (Fsp3) is 0.444. The maximum absolute atomic E-state index is 12.9. The van der Waals surface area contributed by atoms with Crippen molar-refractivity contribution in [1.29, 1.82) is 0 Å². The molecule has 11 heteroatoms. The SMILES string of the molecule is Cc1cc(NC(=O)Nc2cnc3ccnn3c2C2CCCC2)cnc1/C(N)=C/[NH2+]CCCCCCC(=O)O. The predicted molar refractivity (Wildman–Crippen MR) is 145 cm³/mol. The number of hydrogen-bond acceptors (Lipinski definition) is 6. The number of pyridine rings is 1. The number of urea groups is 1. The van der Waals surface area contributed by atoms with Gasteiger partial charge in [-0.3, -0.25) is 9.78 Å². The van der Waals surface area contributed by atoms with Gasteiger partial charge in [0.05, 0.1) is 47.9 Å². The van der Waals surface area contributed by atoms with Crippen LogP contribution in [-0.2, 0) is 4.79 Å². The number of amides is 2. The highest BCUT2D eigenvalue weighted by atomic mass is 16.4. The minimum Gasteiger partial charge on any atom is -0.481 e. The molecule has 11 nitrogen and oxygen atoms in total. The second kappa shape index (κ2) is 13.0. The molecule has 0 aliphatic heterocycles. The van der Waals surface area contributed by atoms with Crippen LogP contribution in [0.3, 0.4) is 0 Å². The molecule has 4 rings (SSSR count). The van der Waals surface area contributed by atoms with Gasteiger partial charge in [-0.25, -0.2) is 14.3 Å². The highest BCUT2D eigenvalue weighted by Crippen LogP contribution is 2.37. The molecule has 3 aromatic rings. The minimum absolute atomic E-state index is 0.230. The summed E-state index contributed by atoms with van der Waals surface area (Å²) in [6.07, 6.45) is 15.2. The van der Waals surface area contributed by atoms with E-state index in [0.29, 0.717) is 35.1 Å². The lowest BCUT2D eigenvalue weighted by molar-refractivity contribution is -0.587. The number of rotatable bonds is 12. The third-order valence-corrected chi connectivity index (χ3v) is 6.86. The highest BCUT2D eigenvalue weighted by Gasteiger charge is 2.24. The summed E-state index contributed by atoms with van der Waals surface area (Å²) < 4.78 is 1.83. The van der Waals surface area contributed by atoms with E-state index < -0.39 is 5.97 Å². The molecular weight excluding hydrogens is 484 g/mol. The Labute approximate surface area is 221 Å². The Balaban J connectivity index is 1.32. The third kappa shape index (κ3) is 7.06. The average molecular weight is 522 g/mol. The second-order valence-corrected chi connectivity index (χ2v) is 9.81. The van der Waals surface area contributed by atoms with E-state index in [0.717, 1.165) is 55.6 Å². The lowest BCUT2D eigenvalue weighted by atomic mass is 10.0. The van der Waals surface area contributed by atoms with Gasteiger partial charge in [-0.2, -0.15) is 5.10 Å². The first-order valence-electron chi connectivity index (χ1n) is 13.3. The number of nitrogens with one attached hydrogen (secondary N) is 2. The monoisotopic (exact) mass is 521 g/mol. The summed E-state index contributed by atoms with van der Waals surface area (Å²) in [5, 5.41) is 21.0. The van der Waals surface area contributed by atoms with E-state index in [1.54, 1.807) is 18.6 Å². The van der Waals surface area contributed by atoms with Gasteiger partial charge in [0.1, 0.15) is 11.9 Å². The number of unbranched alkanes of at least 4 members (excludes halogenated alkanes) is 3. The van der Waals surface area contributed by atoms with Gasteiger partial charge in [0.15, 0.2) is 5.65 Å². The summed E-state index contributed by atoms with van der Waals surface area (Å²) in [4.78, 5) is 32.3. The second-order valence-electron chi connectivity index (χ2n) is 9.81. The van der Waals surface area contributed by atoms with Crippen molar-refractivity contribution in [3.8, 4) is 0 Å². The fourth-order valence-corrected chi connectivity index (χ4v) is 4.99. The molecule has 0 radical (unpaired) electrons. The van der Waals surface area contributed by atoms with Crippen molar-refractivity contribution in [3.63, 3.8) is 0 Å². The Morgan fingerprint density at radius 3 is 2.71 bits per heavy atom. The Hall–Kier alpha value is -3.99. The molecule has 3 aromatic heterocycles. The number of aromatic nitrogens is 4. The number of anilines is 2. The number of nitrogens with two attached hydrogens (primary N) is 2. The summed E-state index contributed by atoms with van der Waals surface area (Å²) in [5.41, 5.74) is 11.3. The molecule has 2 amide bonds. The molecule has 7 N–H and O–H groups in total. The first-order valence-corrected chi connectivity index (χ1v) is 13.3. The Morgan fingerprint density at radius 2 is 1.95 bits per heavy atom. The van der Waals surface area contributed by atoms with Crippen molar-refractivity contribution in [1.82, 2.24) is 19.6 Å². The smallest absolute Gasteiger partial charge is 0.323 e. The molecule has 0 spiro atoms. The van der Waals surface area contributed by atoms with Gasteiger partial charge in [0.25, 0.3) is 0 Å². The molecule has 0 atom stereocenters. The first-order chi connectivity index (χ1) is 18.4. The van der Waals surface area contributed by atoms with E-state index in [-0.39, 0.29) is 12.5 Å². The molecule has 0 unspecified atom stereocenters. The highest BCUT2D eigenvalue weighted by molar-refractivity contribution is 6.00. The summed E-state index contributed by atoms with van der Waals surface area (Å²) in [6, 6.07) is 3.34. The summed E-state index contributed by atoms with van der Waals surface area (Å²) in [5.74, 6) is -0.405. The predicted octanol–water partition coefficient (Wildman–Crippen LogP) is 3.59. The Kier molecular flexibility index (Phi) is 9.26. The van der Waals surface area contributed by atoms with Gasteiger partial charge >= 0.3 is 12.0 Å². The lowest BCUT2D eigenvalue weighted by Crippen LogP contribution is -2.78. The molecule has 1 aliphatic carbocycles. The van der Waals surface area contributed by atoms with E-state index in [1.807, 2.05) is 35.1 Å². The molecule has 0 saturated heterocycles. The standard InChI is InChI=1S/C27H36N8O3/c1-18-14-20(15-31-25(18)21(28)16-29-12-7-3-2-4-10-24(36)37)33-27(38)34-22-17-30-23-11-13-32-35(23)26(22)19-8-5-6-9-19/h11,13-17,19,29H,2-10,12,28H2,1H3,(H,36,37)(H2,33,34,38)/p+1/b21-16-. The van der Waals surface area contributed by atoms with Gasteiger partial charge in [-0.05, 0) is 50.7 Å². The number of carboxylic acid groups (broad SMARTS) is 1. The number of nitrogens with zero attached hydrogens (tertiary/aromatic N) is 4. The van der Waals surface area contributed by atoms with Crippen LogP contribution in [0, 0.1) is 6.92 Å². The maximum Gasteiger partial charge on any atom is 0.323 e. The summed E-state index contributed by atoms with van der Waals surface area (Å²) >= 11 is 0. The molecular formula is C27H37N8O3+. The molecule has 1 fully saturated rings. The zero-order chi connectivity index (χ0) is 26.9. The lowest BCUT2D eigenvalue weighted by Gasteiger charge is -2.17. The van der Waals surface area contributed by atoms with Gasteiger partial charge in [-0.15, -0.1) is 0 Å². The fourth-order valence-electron chi connectivity index (χ4n) is 4.99. The molecule has 1 aliphatic rings. The third-order valence-electron chi connectivity index (χ3n) is 6.86. The van der Waals surface area contributed by atoms with Crippen LogP contribution in [0.4, 0.5) is 16.2 Å². The van der Waals surface area contributed by atoms with E-state index in [1.165, 1.54) is 12.8 Å². The largest absolute Gasteiger partial charge is 0.481 e. The summed E-state index contributed by atoms with van der Waals surface area (Å²) in [6.45, 7) is 2.77. The zero-order valence-electron chi connectivity index (χ0n) is 21.8. The van der Waals surface area contributed by atoms with Crippen LogP contribution >= 0.6 is 0 Å². The van der Waals surface area contributed by atoms with Crippen LogP contribution < -0.4 is 21.7 Å². The van der Waals surface area contributed by atoms with E-state index >= 15 is 0 Å². The van der Waals surface area contributed by atoms with Crippen molar-refractivity contribution in [2.75, 3.05) is 17.2 Å². The van der Waals surface area contributed by atoms with E-state index in [2.05, 4.69) is 25.7 Å². The van der Waals surface area contributed by atoms with Gasteiger partial charge < -0.3 is 26.8 Å². The topological polar surface area (TPSA) is 164 Å². The number of aryl methyl sites for hydroxylation is 1. The van der Waals surface area contributed by atoms with Crippen LogP contribution in [0.5, 0.6) is 0 Å². The van der Waals surface area contributed by atoms with Crippen molar-refractivity contribution < 1.29 is 20.0 Å². The number of carbonyl (C=O) groups is 2. The molecule has 3 heterocycles. The Morgan fingerprint density at radius 1 is 1.16 bits per heavy atom. The Bertz CT molecular complexity index is 1300. The van der Waals surface area contributed by atoms with E-state index in [9.17, 15) is 9.59 Å². The van der Waals surface area contributed by atoms with Crippen molar-refractivity contribution in [3.05, 3.63) is 53.9 Å². The zero-order valence-corrected chi connectivity index (χ0v) is 21.8. The molecule has 202 valence electrons. The van der Waals surface area contributed by atoms with Crippen LogP contribution in [0.1, 0.15) is 80.7 Å². The number of quaternary nitrogens is 1. The first kappa shape index (κ1) is 27.1. The summed E-state index contributed by atoms with van der Waals surface area (Å²) in [7, 11) is 0. The maximum atomic E-state index is 12.9.